The van der Waals surface area contributed by atoms with E-state index in [4.69, 9.17) is 4.99 Å². The van der Waals surface area contributed by atoms with Crippen LogP contribution in [0.1, 0.15) is 59.9 Å². The van der Waals surface area contributed by atoms with Crippen molar-refractivity contribution < 1.29 is 0 Å². The van der Waals surface area contributed by atoms with Gasteiger partial charge in [0, 0.05) is 50.2 Å². The first kappa shape index (κ1) is 30.1. The monoisotopic (exact) mass is 702 g/mol. The summed E-state index contributed by atoms with van der Waals surface area (Å²) in [5.74, 6) is 1.27. The Morgan fingerprint density at radius 3 is 2.33 bits per heavy atom. The minimum atomic E-state index is 0.369. The summed E-state index contributed by atoms with van der Waals surface area (Å²) in [6, 6.07) is 46.7. The third kappa shape index (κ3) is 3.92. The SMILES string of the molecule is CCC1CC2=C(N=C3C=CC=C[C@H]31)c1cccc3c(-n4c5cc6ccccc6cc5c5cc6c7c(c54)-c4ccccc4C(CC7)c4ccccc4-6)ccc2c13. The highest BCUT2D eigenvalue weighted by Gasteiger charge is 2.36. The number of aromatic nitrogens is 1. The average Bonchev–Trinajstić information content (AvgIpc) is 3.45. The van der Waals surface area contributed by atoms with Gasteiger partial charge in [-0.1, -0.05) is 129 Å². The van der Waals surface area contributed by atoms with Crippen LogP contribution in [0, 0.1) is 11.8 Å². The summed E-state index contributed by atoms with van der Waals surface area (Å²) in [5, 5.41) is 7.84. The molecular weight excluding hydrogens is 665 g/mol. The standard InChI is InChI=1S/C53H38N2/c1-2-30-26-45-40-24-25-48(41-19-11-20-42(50(40)41)52(45)54-47-21-10-9-14-33(30)47)55-49-28-32-13-4-3-12-31(32)27-44(49)46-29-43-36-17-6-5-15-34(36)37-22-23-39(43)51(53(46)55)38-18-8-7-16-35(37)38/h3-21,24-25,27-30,33,37H,2,22-23,26H2,1H3/t30?,33-,37?/m0/s1. The molecule has 55 heavy (non-hydrogen) atoms. The molecule has 0 amide bonds. The van der Waals surface area contributed by atoms with Gasteiger partial charge in [0.05, 0.1) is 22.4 Å². The summed E-state index contributed by atoms with van der Waals surface area (Å²) in [6.07, 6.45) is 13.3. The van der Waals surface area contributed by atoms with Gasteiger partial charge in [0.15, 0.2) is 0 Å². The van der Waals surface area contributed by atoms with Gasteiger partial charge in [0.25, 0.3) is 0 Å². The highest BCUT2D eigenvalue weighted by molar-refractivity contribution is 6.22. The largest absolute Gasteiger partial charge is 0.308 e. The zero-order chi connectivity index (χ0) is 35.9. The van der Waals surface area contributed by atoms with Crippen LogP contribution in [0.4, 0.5) is 0 Å². The van der Waals surface area contributed by atoms with Crippen molar-refractivity contribution in [1.82, 2.24) is 4.57 Å². The Balaban J connectivity index is 1.17. The van der Waals surface area contributed by atoms with Crippen molar-refractivity contribution in [2.24, 2.45) is 16.8 Å². The fourth-order valence-electron chi connectivity index (χ4n) is 11.4. The quantitative estimate of drug-likeness (QED) is 0.171. The summed E-state index contributed by atoms with van der Waals surface area (Å²) >= 11 is 0. The number of rotatable bonds is 2. The van der Waals surface area contributed by atoms with Crippen molar-refractivity contribution >= 4 is 60.3 Å². The van der Waals surface area contributed by atoms with E-state index in [1.807, 2.05) is 0 Å². The van der Waals surface area contributed by atoms with E-state index in [-0.39, 0.29) is 0 Å². The van der Waals surface area contributed by atoms with Crippen LogP contribution in [0.5, 0.6) is 0 Å². The van der Waals surface area contributed by atoms with E-state index >= 15 is 0 Å². The molecule has 1 aliphatic heterocycles. The minimum absolute atomic E-state index is 0.369. The van der Waals surface area contributed by atoms with Crippen molar-refractivity contribution in [3.8, 4) is 27.9 Å². The van der Waals surface area contributed by atoms with Crippen LogP contribution in [0.25, 0.3) is 82.6 Å². The normalized spacial score (nSPS) is 20.0. The Kier molecular flexibility index (Phi) is 5.98. The van der Waals surface area contributed by atoms with E-state index in [1.54, 1.807) is 0 Å². The van der Waals surface area contributed by atoms with Crippen LogP contribution >= 0.6 is 0 Å². The zero-order valence-corrected chi connectivity index (χ0v) is 30.8. The molecule has 13 rings (SSSR count). The van der Waals surface area contributed by atoms with Crippen molar-refractivity contribution in [2.45, 2.75) is 38.5 Å². The Morgan fingerprint density at radius 1 is 0.673 bits per heavy atom. The minimum Gasteiger partial charge on any atom is -0.308 e. The molecule has 0 saturated carbocycles. The highest BCUT2D eigenvalue weighted by atomic mass is 15.0. The Hall–Kier alpha value is -6.25. The van der Waals surface area contributed by atoms with Gasteiger partial charge >= 0.3 is 0 Å². The van der Waals surface area contributed by atoms with Crippen molar-refractivity contribution in [1.29, 1.82) is 0 Å². The Bertz CT molecular complexity index is 3180. The number of nitrogens with zero attached hydrogens (tertiary/aromatic N) is 2. The molecule has 7 aromatic carbocycles. The lowest BCUT2D eigenvalue weighted by atomic mass is 9.79. The van der Waals surface area contributed by atoms with E-state index in [9.17, 15) is 0 Å². The van der Waals surface area contributed by atoms with Crippen LogP contribution in [0.15, 0.2) is 151 Å². The fourth-order valence-corrected chi connectivity index (χ4v) is 11.4. The lowest BCUT2D eigenvalue weighted by Gasteiger charge is -2.25. The predicted octanol–water partition coefficient (Wildman–Crippen LogP) is 13.6. The van der Waals surface area contributed by atoms with E-state index in [0.717, 1.165) is 25.7 Å². The van der Waals surface area contributed by atoms with Gasteiger partial charge in [-0.05, 0) is 111 Å². The number of hydrogen-bond donors (Lipinski definition) is 0. The molecule has 2 bridgehead atoms. The van der Waals surface area contributed by atoms with Crippen LogP contribution in [-0.4, -0.2) is 10.3 Å². The summed E-state index contributed by atoms with van der Waals surface area (Å²) in [6.45, 7) is 2.35. The molecule has 0 fully saturated rings. The van der Waals surface area contributed by atoms with E-state index in [1.165, 1.54) is 116 Å². The van der Waals surface area contributed by atoms with Crippen molar-refractivity contribution in [3.05, 3.63) is 173 Å². The third-order valence-electron chi connectivity index (χ3n) is 13.8. The van der Waals surface area contributed by atoms with Gasteiger partial charge in [-0.3, -0.25) is 4.99 Å². The molecule has 0 N–H and O–H groups in total. The van der Waals surface area contributed by atoms with Crippen molar-refractivity contribution in [3.63, 3.8) is 0 Å². The van der Waals surface area contributed by atoms with Crippen LogP contribution in [0.2, 0.25) is 0 Å². The number of hydrogen-bond acceptors (Lipinski definition) is 1. The van der Waals surface area contributed by atoms with Gasteiger partial charge in [-0.15, -0.1) is 0 Å². The van der Waals surface area contributed by atoms with Gasteiger partial charge in [0.2, 0.25) is 0 Å². The molecule has 3 atom stereocenters. The lowest BCUT2D eigenvalue weighted by molar-refractivity contribution is 0.472. The molecule has 4 aliphatic carbocycles. The van der Waals surface area contributed by atoms with E-state index in [2.05, 4.69) is 157 Å². The number of aliphatic imine (C=N–C) groups is 1. The molecule has 2 unspecified atom stereocenters. The van der Waals surface area contributed by atoms with Gasteiger partial charge in [0.1, 0.15) is 0 Å². The number of benzene rings is 7. The molecular formula is C53H38N2. The summed E-state index contributed by atoms with van der Waals surface area (Å²) in [5.41, 5.74) is 20.3. The molecule has 8 aromatic rings. The van der Waals surface area contributed by atoms with Crippen LogP contribution in [0.3, 0.4) is 0 Å². The van der Waals surface area contributed by atoms with Crippen LogP contribution in [-0.2, 0) is 6.42 Å². The zero-order valence-electron chi connectivity index (χ0n) is 30.8. The molecule has 260 valence electrons. The summed E-state index contributed by atoms with van der Waals surface area (Å²) in [7, 11) is 0. The first-order chi connectivity index (χ1) is 27.2. The molecule has 2 heteroatoms. The second kappa shape index (κ2) is 10.9. The predicted molar refractivity (Wildman–Crippen MR) is 231 cm³/mol. The highest BCUT2D eigenvalue weighted by Crippen LogP contribution is 2.55. The molecule has 0 spiro atoms. The van der Waals surface area contributed by atoms with Gasteiger partial charge in [-0.25, -0.2) is 0 Å². The Morgan fingerprint density at radius 2 is 1.45 bits per heavy atom. The number of allylic oxidation sites excluding steroid dienone is 5. The van der Waals surface area contributed by atoms with E-state index in [0.29, 0.717) is 17.8 Å². The first-order valence-corrected chi connectivity index (χ1v) is 20.2. The van der Waals surface area contributed by atoms with Gasteiger partial charge in [-0.2, -0.15) is 0 Å². The lowest BCUT2D eigenvalue weighted by Crippen LogP contribution is -2.21. The molecule has 0 radical (unpaired) electrons. The number of fused-ring (bicyclic) bond motifs is 16. The fraction of sp³-hybridized carbons (Fsp3) is 0.151. The summed E-state index contributed by atoms with van der Waals surface area (Å²) < 4.78 is 2.65. The maximum absolute atomic E-state index is 5.51. The molecule has 2 nitrogen and oxygen atoms in total. The first-order valence-electron chi connectivity index (χ1n) is 20.2. The third-order valence-corrected chi connectivity index (χ3v) is 13.8. The summed E-state index contributed by atoms with van der Waals surface area (Å²) in [4.78, 5) is 5.51. The topological polar surface area (TPSA) is 17.3 Å². The van der Waals surface area contributed by atoms with Crippen molar-refractivity contribution in [2.75, 3.05) is 0 Å². The molecule has 5 aliphatic rings. The maximum atomic E-state index is 5.51. The Labute approximate surface area is 320 Å². The average molecular weight is 703 g/mol. The van der Waals surface area contributed by atoms with Crippen LogP contribution < -0.4 is 0 Å². The smallest absolute Gasteiger partial charge is 0.0750 e. The van der Waals surface area contributed by atoms with Gasteiger partial charge < -0.3 is 4.57 Å². The molecule has 1 aromatic heterocycles. The molecule has 2 heterocycles. The second-order valence-corrected chi connectivity index (χ2v) is 16.4. The molecule has 0 saturated heterocycles. The maximum Gasteiger partial charge on any atom is 0.0750 e. The second-order valence-electron chi connectivity index (χ2n) is 16.4. The van der Waals surface area contributed by atoms with E-state index < -0.39 is 0 Å².